The third kappa shape index (κ3) is 4.74. The van der Waals surface area contributed by atoms with Crippen molar-refractivity contribution in [2.24, 2.45) is 0 Å². The molecule has 1 atom stereocenters. The molecule has 0 radical (unpaired) electrons. The molecular weight excluding hydrogens is 342 g/mol. The molecule has 2 aromatic rings. The average Bonchev–Trinajstić information content (AvgIpc) is 3.31. The standard InChI is InChI=1S/C22H29NO2S/c1-17(24)19-12-13-20(26-19)22(14-5-6-15-22)16-23-21(25)11-7-10-18-8-3-2-4-9-18/h2-4,8-9,12-13,17,24H,5-7,10-11,14-16H2,1H3,(H,23,25). The minimum Gasteiger partial charge on any atom is -0.388 e. The molecular formula is C22H29NO2S. The highest BCUT2D eigenvalue weighted by atomic mass is 32.1. The lowest BCUT2D eigenvalue weighted by molar-refractivity contribution is -0.121. The van der Waals surface area contributed by atoms with Crippen LogP contribution in [0.1, 0.15) is 66.9 Å². The van der Waals surface area contributed by atoms with E-state index in [0.717, 1.165) is 37.1 Å². The summed E-state index contributed by atoms with van der Waals surface area (Å²) in [7, 11) is 0. The molecule has 0 bridgehead atoms. The number of aliphatic hydroxyl groups is 1. The lowest BCUT2D eigenvalue weighted by atomic mass is 9.84. The quantitative estimate of drug-likeness (QED) is 0.703. The molecule has 0 aliphatic heterocycles. The van der Waals surface area contributed by atoms with Gasteiger partial charge in [0.15, 0.2) is 0 Å². The summed E-state index contributed by atoms with van der Waals surface area (Å²) in [4.78, 5) is 14.7. The number of nitrogens with one attached hydrogen (secondary N) is 1. The zero-order valence-electron chi connectivity index (χ0n) is 15.5. The lowest BCUT2D eigenvalue weighted by Crippen LogP contribution is -2.38. The van der Waals surface area contributed by atoms with Gasteiger partial charge in [-0.1, -0.05) is 43.2 Å². The molecule has 1 unspecified atom stereocenters. The van der Waals surface area contributed by atoms with Crippen molar-refractivity contribution in [2.75, 3.05) is 6.54 Å². The summed E-state index contributed by atoms with van der Waals surface area (Å²) in [6.45, 7) is 2.53. The molecule has 26 heavy (non-hydrogen) atoms. The summed E-state index contributed by atoms with van der Waals surface area (Å²) in [5, 5.41) is 13.0. The van der Waals surface area contributed by atoms with Gasteiger partial charge in [0.1, 0.15) is 0 Å². The number of carbonyl (C=O) groups is 1. The van der Waals surface area contributed by atoms with E-state index in [1.165, 1.54) is 23.3 Å². The van der Waals surface area contributed by atoms with Crippen molar-refractivity contribution in [2.45, 2.75) is 63.4 Å². The van der Waals surface area contributed by atoms with Crippen LogP contribution in [-0.4, -0.2) is 17.6 Å². The van der Waals surface area contributed by atoms with Crippen molar-refractivity contribution in [3.8, 4) is 0 Å². The first-order valence-corrected chi connectivity index (χ1v) is 10.5. The van der Waals surface area contributed by atoms with Gasteiger partial charge in [-0.15, -0.1) is 11.3 Å². The van der Waals surface area contributed by atoms with Crippen LogP contribution >= 0.6 is 11.3 Å². The zero-order chi connectivity index (χ0) is 18.4. The molecule has 1 fully saturated rings. The second-order valence-corrected chi connectivity index (χ2v) is 8.60. The SMILES string of the molecule is CC(O)c1ccc(C2(CNC(=O)CCCc3ccccc3)CCCC2)s1. The van der Waals surface area contributed by atoms with Crippen molar-refractivity contribution < 1.29 is 9.90 Å². The van der Waals surface area contributed by atoms with Gasteiger partial charge < -0.3 is 10.4 Å². The molecule has 1 aromatic carbocycles. The minimum atomic E-state index is -0.417. The molecule has 1 aliphatic rings. The van der Waals surface area contributed by atoms with Crippen molar-refractivity contribution in [3.63, 3.8) is 0 Å². The van der Waals surface area contributed by atoms with Gasteiger partial charge in [0.25, 0.3) is 0 Å². The third-order valence-electron chi connectivity index (χ3n) is 5.46. The van der Waals surface area contributed by atoms with E-state index in [-0.39, 0.29) is 11.3 Å². The normalized spacial score (nSPS) is 17.2. The topological polar surface area (TPSA) is 49.3 Å². The average molecular weight is 372 g/mol. The largest absolute Gasteiger partial charge is 0.388 e. The van der Waals surface area contributed by atoms with E-state index in [1.807, 2.05) is 31.2 Å². The Labute approximate surface area is 160 Å². The minimum absolute atomic E-state index is 0.0624. The molecule has 1 saturated carbocycles. The van der Waals surface area contributed by atoms with Gasteiger partial charge in [0.2, 0.25) is 5.91 Å². The summed E-state index contributed by atoms with van der Waals surface area (Å²) in [6.07, 6.45) is 6.66. The maximum atomic E-state index is 12.3. The Morgan fingerprint density at radius 2 is 1.92 bits per heavy atom. The highest BCUT2D eigenvalue weighted by Gasteiger charge is 2.37. The van der Waals surface area contributed by atoms with Crippen LogP contribution in [0.3, 0.4) is 0 Å². The second-order valence-electron chi connectivity index (χ2n) is 7.48. The number of rotatable bonds is 8. The van der Waals surface area contributed by atoms with E-state index in [4.69, 9.17) is 0 Å². The molecule has 1 heterocycles. The molecule has 1 aliphatic carbocycles. The summed E-state index contributed by atoms with van der Waals surface area (Å²) in [5.41, 5.74) is 1.35. The maximum Gasteiger partial charge on any atom is 0.220 e. The first kappa shape index (κ1) is 19.1. The van der Waals surface area contributed by atoms with E-state index in [1.54, 1.807) is 11.3 Å². The van der Waals surface area contributed by atoms with E-state index in [2.05, 4.69) is 23.5 Å². The van der Waals surface area contributed by atoms with Crippen LogP contribution in [0.15, 0.2) is 42.5 Å². The molecule has 0 spiro atoms. The van der Waals surface area contributed by atoms with Crippen molar-refractivity contribution in [3.05, 3.63) is 57.8 Å². The van der Waals surface area contributed by atoms with Crippen molar-refractivity contribution >= 4 is 17.2 Å². The summed E-state index contributed by atoms with van der Waals surface area (Å²) < 4.78 is 0. The number of aliphatic hydroxyl groups excluding tert-OH is 1. The van der Waals surface area contributed by atoms with Gasteiger partial charge >= 0.3 is 0 Å². The second kappa shape index (κ2) is 8.83. The monoisotopic (exact) mass is 371 g/mol. The van der Waals surface area contributed by atoms with Gasteiger partial charge in [-0.25, -0.2) is 0 Å². The zero-order valence-corrected chi connectivity index (χ0v) is 16.4. The van der Waals surface area contributed by atoms with Crippen molar-refractivity contribution in [1.82, 2.24) is 5.32 Å². The van der Waals surface area contributed by atoms with Crippen LogP contribution in [-0.2, 0) is 16.6 Å². The molecule has 3 rings (SSSR count). The molecule has 2 N–H and O–H groups in total. The molecule has 1 aromatic heterocycles. The lowest BCUT2D eigenvalue weighted by Gasteiger charge is -2.28. The molecule has 140 valence electrons. The first-order valence-electron chi connectivity index (χ1n) is 9.68. The van der Waals surface area contributed by atoms with Gasteiger partial charge in [-0.3, -0.25) is 4.79 Å². The third-order valence-corrected chi connectivity index (χ3v) is 6.96. The van der Waals surface area contributed by atoms with Crippen LogP contribution in [0, 0.1) is 0 Å². The maximum absolute atomic E-state index is 12.3. The van der Waals surface area contributed by atoms with E-state index in [9.17, 15) is 9.90 Å². The Morgan fingerprint density at radius 3 is 2.58 bits per heavy atom. The van der Waals surface area contributed by atoms with E-state index >= 15 is 0 Å². The summed E-state index contributed by atoms with van der Waals surface area (Å²) in [5.74, 6) is 0.152. The van der Waals surface area contributed by atoms with E-state index < -0.39 is 6.10 Å². The van der Waals surface area contributed by atoms with Gasteiger partial charge in [0, 0.05) is 28.1 Å². The Morgan fingerprint density at radius 1 is 1.19 bits per heavy atom. The van der Waals surface area contributed by atoms with Crippen LogP contribution in [0.2, 0.25) is 0 Å². The number of aryl methyl sites for hydroxylation is 1. The fourth-order valence-electron chi connectivity index (χ4n) is 3.88. The highest BCUT2D eigenvalue weighted by molar-refractivity contribution is 7.12. The van der Waals surface area contributed by atoms with Gasteiger partial charge in [-0.2, -0.15) is 0 Å². The molecule has 3 nitrogen and oxygen atoms in total. The molecule has 1 amide bonds. The first-order chi connectivity index (χ1) is 12.6. The Balaban J connectivity index is 1.52. The highest BCUT2D eigenvalue weighted by Crippen LogP contribution is 2.44. The predicted molar refractivity (Wildman–Crippen MR) is 107 cm³/mol. The van der Waals surface area contributed by atoms with Crippen LogP contribution < -0.4 is 5.32 Å². The summed E-state index contributed by atoms with van der Waals surface area (Å²) >= 11 is 1.70. The van der Waals surface area contributed by atoms with E-state index in [0.29, 0.717) is 6.42 Å². The van der Waals surface area contributed by atoms with Crippen LogP contribution in [0.5, 0.6) is 0 Å². The number of hydrogen-bond donors (Lipinski definition) is 2. The Kier molecular flexibility index (Phi) is 6.49. The van der Waals surface area contributed by atoms with Crippen LogP contribution in [0.4, 0.5) is 0 Å². The molecule has 0 saturated heterocycles. The molecule has 4 heteroatoms. The fourth-order valence-corrected chi connectivity index (χ4v) is 5.07. The Bertz CT molecular complexity index is 702. The number of hydrogen-bond acceptors (Lipinski definition) is 3. The summed E-state index contributed by atoms with van der Waals surface area (Å²) in [6, 6.07) is 14.5. The van der Waals surface area contributed by atoms with Gasteiger partial charge in [0.05, 0.1) is 6.10 Å². The number of carbonyl (C=O) groups excluding carboxylic acids is 1. The number of benzene rings is 1. The number of thiophene rings is 1. The number of amides is 1. The van der Waals surface area contributed by atoms with Crippen molar-refractivity contribution in [1.29, 1.82) is 0 Å². The van der Waals surface area contributed by atoms with Gasteiger partial charge in [-0.05, 0) is 50.3 Å². The predicted octanol–water partition coefficient (Wildman–Crippen LogP) is 4.75. The van der Waals surface area contributed by atoms with Crippen LogP contribution in [0.25, 0.3) is 0 Å². The fraction of sp³-hybridized carbons (Fsp3) is 0.500. The smallest absolute Gasteiger partial charge is 0.220 e. The Hall–Kier alpha value is -1.65.